The molecule has 31 heavy (non-hydrogen) atoms. The topological polar surface area (TPSA) is 84.5 Å². The van der Waals surface area contributed by atoms with Crippen LogP contribution in [0.3, 0.4) is 0 Å². The summed E-state index contributed by atoms with van der Waals surface area (Å²) in [7, 11) is -2.49. The summed E-state index contributed by atoms with van der Waals surface area (Å²) in [6.45, 7) is 13.6. The van der Waals surface area contributed by atoms with Crippen molar-refractivity contribution in [1.82, 2.24) is 4.72 Å². The SMILES string of the molecule is COc1ccc(C(=O)Nc2c(C(C)C)cccc2C(C)C)cc1S(=O)(=O)NC(C)(C)C. The Morgan fingerprint density at radius 3 is 1.97 bits per heavy atom. The van der Waals surface area contributed by atoms with E-state index in [9.17, 15) is 13.2 Å². The molecule has 0 saturated carbocycles. The van der Waals surface area contributed by atoms with E-state index in [0.717, 1.165) is 16.8 Å². The van der Waals surface area contributed by atoms with E-state index in [0.29, 0.717) is 0 Å². The number of carbonyl (C=O) groups is 1. The Hall–Kier alpha value is -2.38. The maximum atomic E-state index is 13.2. The Kier molecular flexibility index (Phi) is 7.55. The summed E-state index contributed by atoms with van der Waals surface area (Å²) in [4.78, 5) is 13.1. The molecule has 2 rings (SSSR count). The lowest BCUT2D eigenvalue weighted by atomic mass is 9.92. The van der Waals surface area contributed by atoms with Gasteiger partial charge in [0, 0.05) is 16.8 Å². The van der Waals surface area contributed by atoms with Crippen LogP contribution in [0.4, 0.5) is 5.69 Å². The van der Waals surface area contributed by atoms with E-state index in [1.165, 1.54) is 19.2 Å². The van der Waals surface area contributed by atoms with E-state index in [2.05, 4.69) is 37.7 Å². The van der Waals surface area contributed by atoms with Gasteiger partial charge in [0.2, 0.25) is 10.0 Å². The van der Waals surface area contributed by atoms with E-state index in [1.807, 2.05) is 18.2 Å². The number of sulfonamides is 1. The van der Waals surface area contributed by atoms with Gasteiger partial charge in [0.05, 0.1) is 7.11 Å². The normalized spacial score (nSPS) is 12.3. The molecule has 0 radical (unpaired) electrons. The minimum absolute atomic E-state index is 0.0706. The molecule has 2 N–H and O–H groups in total. The van der Waals surface area contributed by atoms with E-state index in [1.54, 1.807) is 26.8 Å². The van der Waals surface area contributed by atoms with Gasteiger partial charge in [-0.2, -0.15) is 0 Å². The van der Waals surface area contributed by atoms with Crippen LogP contribution >= 0.6 is 0 Å². The molecular formula is C24H34N2O4S. The van der Waals surface area contributed by atoms with Gasteiger partial charge >= 0.3 is 0 Å². The van der Waals surface area contributed by atoms with Crippen molar-refractivity contribution in [3.63, 3.8) is 0 Å². The van der Waals surface area contributed by atoms with Crippen LogP contribution in [0.25, 0.3) is 0 Å². The average Bonchev–Trinajstić information content (AvgIpc) is 2.65. The summed E-state index contributed by atoms with van der Waals surface area (Å²) in [5, 5.41) is 3.03. The molecule has 0 aliphatic rings. The number of benzene rings is 2. The molecular weight excluding hydrogens is 412 g/mol. The molecule has 7 heteroatoms. The van der Waals surface area contributed by atoms with Crippen molar-refractivity contribution >= 4 is 21.6 Å². The third kappa shape index (κ3) is 6.08. The van der Waals surface area contributed by atoms with Crippen LogP contribution < -0.4 is 14.8 Å². The van der Waals surface area contributed by atoms with Gasteiger partial charge in [0.1, 0.15) is 10.6 Å². The summed E-state index contributed by atoms with van der Waals surface area (Å²) in [5.74, 6) is 0.247. The first-order valence-corrected chi connectivity index (χ1v) is 11.9. The number of rotatable bonds is 7. The number of carbonyl (C=O) groups excluding carboxylic acids is 1. The van der Waals surface area contributed by atoms with Crippen molar-refractivity contribution < 1.29 is 17.9 Å². The van der Waals surface area contributed by atoms with E-state index >= 15 is 0 Å². The Bertz CT molecular complexity index is 1030. The molecule has 2 aromatic carbocycles. The highest BCUT2D eigenvalue weighted by molar-refractivity contribution is 7.89. The molecule has 0 unspecified atom stereocenters. The monoisotopic (exact) mass is 446 g/mol. The molecule has 0 heterocycles. The minimum atomic E-state index is -3.89. The zero-order chi connectivity index (χ0) is 23.6. The maximum Gasteiger partial charge on any atom is 0.255 e. The highest BCUT2D eigenvalue weighted by Gasteiger charge is 2.27. The fourth-order valence-electron chi connectivity index (χ4n) is 3.37. The van der Waals surface area contributed by atoms with Crippen LogP contribution in [-0.2, 0) is 10.0 Å². The second-order valence-electron chi connectivity index (χ2n) is 9.30. The zero-order valence-corrected chi connectivity index (χ0v) is 20.5. The highest BCUT2D eigenvalue weighted by atomic mass is 32.2. The van der Waals surface area contributed by atoms with Crippen LogP contribution in [0.1, 0.15) is 81.8 Å². The molecule has 170 valence electrons. The molecule has 2 aromatic rings. The third-order valence-electron chi connectivity index (χ3n) is 4.77. The Balaban J connectivity index is 2.52. The van der Waals surface area contributed by atoms with Gasteiger partial charge in [0.25, 0.3) is 5.91 Å². The molecule has 0 aromatic heterocycles. The zero-order valence-electron chi connectivity index (χ0n) is 19.7. The average molecular weight is 447 g/mol. The van der Waals surface area contributed by atoms with Gasteiger partial charge in [-0.25, -0.2) is 13.1 Å². The largest absolute Gasteiger partial charge is 0.495 e. The second kappa shape index (κ2) is 9.40. The fourth-order valence-corrected chi connectivity index (χ4v) is 4.98. The number of hydrogen-bond donors (Lipinski definition) is 2. The van der Waals surface area contributed by atoms with Crippen molar-refractivity contribution in [2.24, 2.45) is 0 Å². The number of methoxy groups -OCH3 is 1. The van der Waals surface area contributed by atoms with Gasteiger partial charge in [-0.15, -0.1) is 0 Å². The molecule has 0 spiro atoms. The molecule has 0 aliphatic heterocycles. The minimum Gasteiger partial charge on any atom is -0.495 e. The summed E-state index contributed by atoms with van der Waals surface area (Å²) in [6.07, 6.45) is 0. The summed E-state index contributed by atoms with van der Waals surface area (Å²) < 4.78 is 33.7. The molecule has 0 aliphatic carbocycles. The lowest BCUT2D eigenvalue weighted by molar-refractivity contribution is 0.102. The lowest BCUT2D eigenvalue weighted by Crippen LogP contribution is -2.40. The van der Waals surface area contributed by atoms with Gasteiger partial charge in [-0.05, 0) is 61.9 Å². The molecule has 1 amide bonds. The van der Waals surface area contributed by atoms with Crippen molar-refractivity contribution in [3.8, 4) is 5.75 Å². The molecule has 0 bridgehead atoms. The van der Waals surface area contributed by atoms with Crippen molar-refractivity contribution in [2.45, 2.75) is 70.7 Å². The standard InChI is InChI=1S/C24H34N2O4S/c1-15(2)18-10-9-11-19(16(3)4)22(18)25-23(27)17-12-13-20(30-8)21(14-17)31(28,29)26-24(5,6)7/h9-16,26H,1-8H3,(H,25,27). The molecule has 0 atom stereocenters. The number of nitrogens with one attached hydrogen (secondary N) is 2. The van der Waals surface area contributed by atoms with Crippen molar-refractivity contribution in [1.29, 1.82) is 0 Å². The van der Waals surface area contributed by atoms with Crippen molar-refractivity contribution in [2.75, 3.05) is 12.4 Å². The molecule has 0 fully saturated rings. The third-order valence-corrected chi connectivity index (χ3v) is 6.55. The summed E-state index contributed by atoms with van der Waals surface area (Å²) in [6, 6.07) is 10.4. The number of amides is 1. The number of ether oxygens (including phenoxy) is 1. The fraction of sp³-hybridized carbons (Fsp3) is 0.458. The summed E-state index contributed by atoms with van der Waals surface area (Å²) in [5.41, 5.74) is 2.42. The van der Waals surface area contributed by atoms with E-state index < -0.39 is 15.6 Å². The van der Waals surface area contributed by atoms with Crippen LogP contribution in [-0.4, -0.2) is 27.0 Å². The predicted octanol–water partition coefficient (Wildman–Crippen LogP) is 5.27. The Morgan fingerprint density at radius 1 is 0.968 bits per heavy atom. The van der Waals surface area contributed by atoms with E-state index in [-0.39, 0.29) is 34.0 Å². The van der Waals surface area contributed by atoms with Gasteiger partial charge in [0.15, 0.2) is 0 Å². The lowest BCUT2D eigenvalue weighted by Gasteiger charge is -2.22. The molecule has 0 saturated heterocycles. The van der Waals surface area contributed by atoms with Crippen LogP contribution in [0, 0.1) is 0 Å². The van der Waals surface area contributed by atoms with Crippen LogP contribution in [0.5, 0.6) is 5.75 Å². The Labute approximate surface area is 186 Å². The second-order valence-corrected chi connectivity index (χ2v) is 10.9. The van der Waals surface area contributed by atoms with Gasteiger partial charge < -0.3 is 10.1 Å². The first kappa shape index (κ1) is 24.9. The first-order valence-electron chi connectivity index (χ1n) is 10.4. The number of anilines is 1. The molecule has 6 nitrogen and oxygen atoms in total. The van der Waals surface area contributed by atoms with Crippen LogP contribution in [0.2, 0.25) is 0 Å². The smallest absolute Gasteiger partial charge is 0.255 e. The van der Waals surface area contributed by atoms with Gasteiger partial charge in [-0.1, -0.05) is 45.9 Å². The first-order chi connectivity index (χ1) is 14.3. The number of para-hydroxylation sites is 1. The maximum absolute atomic E-state index is 13.2. The quantitative estimate of drug-likeness (QED) is 0.607. The van der Waals surface area contributed by atoms with E-state index in [4.69, 9.17) is 4.74 Å². The highest BCUT2D eigenvalue weighted by Crippen LogP contribution is 2.33. The number of hydrogen-bond acceptors (Lipinski definition) is 4. The summed E-state index contributed by atoms with van der Waals surface area (Å²) >= 11 is 0. The van der Waals surface area contributed by atoms with Gasteiger partial charge in [-0.3, -0.25) is 4.79 Å². The Morgan fingerprint density at radius 2 is 1.52 bits per heavy atom. The predicted molar refractivity (Wildman–Crippen MR) is 126 cm³/mol. The van der Waals surface area contributed by atoms with Crippen molar-refractivity contribution in [3.05, 3.63) is 53.1 Å². The van der Waals surface area contributed by atoms with Crippen LogP contribution in [0.15, 0.2) is 41.3 Å².